The number of benzene rings is 1. The van der Waals surface area contributed by atoms with Crippen molar-refractivity contribution in [1.82, 2.24) is 20.0 Å². The van der Waals surface area contributed by atoms with Crippen molar-refractivity contribution in [2.75, 3.05) is 20.6 Å². The molecule has 0 saturated heterocycles. The molecule has 0 atom stereocenters. The lowest BCUT2D eigenvalue weighted by Gasteiger charge is -2.09. The van der Waals surface area contributed by atoms with Gasteiger partial charge in [0.15, 0.2) is 5.69 Å². The summed E-state index contributed by atoms with van der Waals surface area (Å²) in [6.45, 7) is 3.85. The van der Waals surface area contributed by atoms with Crippen molar-refractivity contribution in [3.05, 3.63) is 46.2 Å². The molecule has 6 heteroatoms. The minimum atomic E-state index is -0.103. The first-order valence-corrected chi connectivity index (χ1v) is 7.59. The minimum Gasteiger partial charge on any atom is -0.343 e. The first kappa shape index (κ1) is 15.7. The van der Waals surface area contributed by atoms with Gasteiger partial charge in [0.25, 0.3) is 5.91 Å². The predicted molar refractivity (Wildman–Crippen MR) is 86.7 cm³/mol. The monoisotopic (exact) mass is 350 g/mol. The Bertz CT molecular complexity index is 636. The number of nitrogens with zero attached hydrogens (tertiary/aromatic N) is 3. The molecule has 1 aromatic heterocycles. The van der Waals surface area contributed by atoms with Gasteiger partial charge in [-0.05, 0) is 46.2 Å². The summed E-state index contributed by atoms with van der Waals surface area (Å²) < 4.78 is 2.66. The molecule has 1 N–H and O–H groups in total. The molecule has 0 bridgehead atoms. The summed E-state index contributed by atoms with van der Waals surface area (Å²) >= 11 is 3.57. The molecule has 1 amide bonds. The number of carbonyl (C=O) groups excluding carboxylic acids is 1. The molecular weight excluding hydrogens is 332 g/mol. The quantitative estimate of drug-likeness (QED) is 0.900. The van der Waals surface area contributed by atoms with Gasteiger partial charge >= 0.3 is 0 Å². The van der Waals surface area contributed by atoms with Crippen LogP contribution in [0.15, 0.2) is 34.9 Å². The lowest BCUT2D eigenvalue weighted by molar-refractivity contribution is 0.0821. The number of nitrogens with one attached hydrogen (secondary N) is 1. The highest BCUT2D eigenvalue weighted by atomic mass is 79.9. The van der Waals surface area contributed by atoms with Crippen molar-refractivity contribution >= 4 is 21.8 Å². The Morgan fingerprint density at radius 3 is 2.76 bits per heavy atom. The van der Waals surface area contributed by atoms with Crippen molar-refractivity contribution < 1.29 is 4.79 Å². The summed E-state index contributed by atoms with van der Waals surface area (Å²) in [6, 6.07) is 7.83. The topological polar surface area (TPSA) is 50.2 Å². The van der Waals surface area contributed by atoms with E-state index in [-0.39, 0.29) is 5.91 Å². The van der Waals surface area contributed by atoms with Gasteiger partial charge in [0, 0.05) is 31.3 Å². The van der Waals surface area contributed by atoms with Crippen molar-refractivity contribution in [2.24, 2.45) is 0 Å². The predicted octanol–water partition coefficient (Wildman–Crippen LogP) is 2.45. The largest absolute Gasteiger partial charge is 0.343 e. The maximum atomic E-state index is 11.9. The number of carbonyl (C=O) groups is 1. The summed E-state index contributed by atoms with van der Waals surface area (Å²) in [5, 5.41) is 7.62. The summed E-state index contributed by atoms with van der Waals surface area (Å²) in [4.78, 5) is 13.4. The van der Waals surface area contributed by atoms with Gasteiger partial charge in [-0.2, -0.15) is 5.10 Å². The molecule has 0 aliphatic rings. The standard InChI is InChI=1S/C15H19BrN4O/c1-4-17-10-11-5-6-14(12(16)9-11)20-8-7-13(18-20)15(21)19(2)3/h5-9,17H,4,10H2,1-3H3. The Hall–Kier alpha value is -1.66. The summed E-state index contributed by atoms with van der Waals surface area (Å²) in [7, 11) is 3.43. The van der Waals surface area contributed by atoms with Crippen LogP contribution in [0.5, 0.6) is 0 Å². The molecule has 0 fully saturated rings. The zero-order chi connectivity index (χ0) is 15.4. The van der Waals surface area contributed by atoms with E-state index in [9.17, 15) is 4.79 Å². The number of aromatic nitrogens is 2. The molecule has 0 saturated carbocycles. The second-order valence-electron chi connectivity index (χ2n) is 4.91. The normalized spacial score (nSPS) is 10.7. The van der Waals surface area contributed by atoms with E-state index in [1.165, 1.54) is 10.5 Å². The molecule has 0 radical (unpaired) electrons. The van der Waals surface area contributed by atoms with E-state index in [0.29, 0.717) is 5.69 Å². The van der Waals surface area contributed by atoms with Crippen LogP contribution < -0.4 is 5.32 Å². The fraction of sp³-hybridized carbons (Fsp3) is 0.333. The average molecular weight is 351 g/mol. The van der Waals surface area contributed by atoms with Gasteiger partial charge < -0.3 is 10.2 Å². The highest BCUT2D eigenvalue weighted by Gasteiger charge is 2.13. The van der Waals surface area contributed by atoms with Gasteiger partial charge in [0.05, 0.1) is 5.69 Å². The van der Waals surface area contributed by atoms with E-state index < -0.39 is 0 Å². The van der Waals surface area contributed by atoms with Gasteiger partial charge in [-0.25, -0.2) is 4.68 Å². The molecular formula is C15H19BrN4O. The third kappa shape index (κ3) is 3.71. The van der Waals surface area contributed by atoms with E-state index >= 15 is 0 Å². The zero-order valence-electron chi connectivity index (χ0n) is 12.4. The lowest BCUT2D eigenvalue weighted by atomic mass is 10.2. The first-order valence-electron chi connectivity index (χ1n) is 6.79. The van der Waals surface area contributed by atoms with Crippen LogP contribution in [0.2, 0.25) is 0 Å². The van der Waals surface area contributed by atoms with Crippen LogP contribution >= 0.6 is 15.9 Å². The van der Waals surface area contributed by atoms with Gasteiger partial charge in [0.2, 0.25) is 0 Å². The fourth-order valence-corrected chi connectivity index (χ4v) is 2.52. The SMILES string of the molecule is CCNCc1ccc(-n2ccc(C(=O)N(C)C)n2)c(Br)c1. The highest BCUT2D eigenvalue weighted by Crippen LogP contribution is 2.22. The smallest absolute Gasteiger partial charge is 0.273 e. The number of hydrogen-bond donors (Lipinski definition) is 1. The Kier molecular flexibility index (Phi) is 5.14. The summed E-state index contributed by atoms with van der Waals surface area (Å²) in [5.41, 5.74) is 2.54. The molecule has 0 aliphatic heterocycles. The maximum absolute atomic E-state index is 11.9. The third-order valence-electron chi connectivity index (χ3n) is 3.05. The Morgan fingerprint density at radius 2 is 2.14 bits per heavy atom. The molecule has 0 unspecified atom stereocenters. The maximum Gasteiger partial charge on any atom is 0.273 e. The molecule has 0 spiro atoms. The van der Waals surface area contributed by atoms with E-state index in [0.717, 1.165) is 23.2 Å². The highest BCUT2D eigenvalue weighted by molar-refractivity contribution is 9.10. The van der Waals surface area contributed by atoms with E-state index in [1.54, 1.807) is 31.0 Å². The van der Waals surface area contributed by atoms with E-state index in [2.05, 4.69) is 45.4 Å². The van der Waals surface area contributed by atoms with Crippen molar-refractivity contribution in [2.45, 2.75) is 13.5 Å². The second kappa shape index (κ2) is 6.87. The molecule has 2 aromatic rings. The van der Waals surface area contributed by atoms with Crippen LogP contribution in [-0.2, 0) is 6.54 Å². The average Bonchev–Trinajstić information content (AvgIpc) is 2.93. The van der Waals surface area contributed by atoms with Gasteiger partial charge in [-0.15, -0.1) is 0 Å². The Balaban J connectivity index is 2.24. The van der Waals surface area contributed by atoms with E-state index in [1.807, 2.05) is 6.07 Å². The van der Waals surface area contributed by atoms with Crippen LogP contribution in [0.4, 0.5) is 0 Å². The van der Waals surface area contributed by atoms with Gasteiger partial charge in [0.1, 0.15) is 0 Å². The second-order valence-corrected chi connectivity index (χ2v) is 5.77. The van der Waals surface area contributed by atoms with Crippen LogP contribution in [0.3, 0.4) is 0 Å². The summed E-state index contributed by atoms with van der Waals surface area (Å²) in [6.07, 6.45) is 1.79. The van der Waals surface area contributed by atoms with Crippen LogP contribution in [-0.4, -0.2) is 41.2 Å². The molecule has 112 valence electrons. The van der Waals surface area contributed by atoms with Gasteiger partial charge in [-0.3, -0.25) is 4.79 Å². The molecule has 2 rings (SSSR count). The molecule has 1 aromatic carbocycles. The fourth-order valence-electron chi connectivity index (χ4n) is 1.92. The first-order chi connectivity index (χ1) is 10.0. The molecule has 0 aliphatic carbocycles. The number of amides is 1. The van der Waals surface area contributed by atoms with Crippen molar-refractivity contribution in [3.63, 3.8) is 0 Å². The van der Waals surface area contributed by atoms with Gasteiger partial charge in [-0.1, -0.05) is 13.0 Å². The van der Waals surface area contributed by atoms with Crippen LogP contribution in [0.25, 0.3) is 5.69 Å². The molecule has 5 nitrogen and oxygen atoms in total. The third-order valence-corrected chi connectivity index (χ3v) is 3.69. The van der Waals surface area contributed by atoms with Crippen LogP contribution in [0, 0.1) is 0 Å². The number of rotatable bonds is 5. The lowest BCUT2D eigenvalue weighted by Crippen LogP contribution is -2.22. The number of halogens is 1. The summed E-state index contributed by atoms with van der Waals surface area (Å²) in [5.74, 6) is -0.103. The molecule has 1 heterocycles. The zero-order valence-corrected chi connectivity index (χ0v) is 14.0. The van der Waals surface area contributed by atoms with Crippen molar-refractivity contribution in [3.8, 4) is 5.69 Å². The van der Waals surface area contributed by atoms with Crippen LogP contribution in [0.1, 0.15) is 23.0 Å². The van der Waals surface area contributed by atoms with Crippen molar-refractivity contribution in [1.29, 1.82) is 0 Å². The van der Waals surface area contributed by atoms with E-state index in [4.69, 9.17) is 0 Å². The molecule has 21 heavy (non-hydrogen) atoms. The Labute approximate surface area is 133 Å². The Morgan fingerprint density at radius 1 is 1.38 bits per heavy atom. The number of hydrogen-bond acceptors (Lipinski definition) is 3. The minimum absolute atomic E-state index is 0.103.